The molecule has 0 bridgehead atoms. The van der Waals surface area contributed by atoms with Crippen LogP contribution in [0.1, 0.15) is 23.6 Å². The van der Waals surface area contributed by atoms with Gasteiger partial charge in [0.15, 0.2) is 5.82 Å². The van der Waals surface area contributed by atoms with E-state index in [0.717, 1.165) is 22.9 Å². The summed E-state index contributed by atoms with van der Waals surface area (Å²) in [6, 6.07) is 23.2. The summed E-state index contributed by atoms with van der Waals surface area (Å²) < 4.78 is 27.7. The maximum atomic E-state index is 14.4. The van der Waals surface area contributed by atoms with Gasteiger partial charge in [-0.3, -0.25) is 5.01 Å². The Balaban J connectivity index is 1.79. The van der Waals surface area contributed by atoms with Crippen LogP contribution in [-0.2, 0) is 0 Å². The van der Waals surface area contributed by atoms with Crippen molar-refractivity contribution in [3.8, 4) is 0 Å². The monoisotopic (exact) mass is 334 g/mol. The van der Waals surface area contributed by atoms with E-state index < -0.39 is 11.6 Å². The van der Waals surface area contributed by atoms with Crippen LogP contribution in [0.3, 0.4) is 0 Å². The number of halogens is 2. The number of anilines is 1. The summed E-state index contributed by atoms with van der Waals surface area (Å²) in [5.74, 6) is -1.21. The van der Waals surface area contributed by atoms with E-state index in [-0.39, 0.29) is 11.7 Å². The fourth-order valence-corrected chi connectivity index (χ4v) is 3.14. The number of hydrazone groups is 1. The van der Waals surface area contributed by atoms with Crippen molar-refractivity contribution in [2.24, 2.45) is 5.10 Å². The number of hydrogen-bond acceptors (Lipinski definition) is 2. The molecule has 0 unspecified atom stereocenters. The molecule has 0 spiro atoms. The molecule has 0 fully saturated rings. The van der Waals surface area contributed by atoms with E-state index in [1.807, 2.05) is 60.7 Å². The largest absolute Gasteiger partial charge is 0.254 e. The van der Waals surface area contributed by atoms with Crippen molar-refractivity contribution in [2.45, 2.75) is 12.5 Å². The second-order valence-corrected chi connectivity index (χ2v) is 5.98. The second-order valence-electron chi connectivity index (χ2n) is 5.98. The molecule has 1 atom stereocenters. The van der Waals surface area contributed by atoms with Crippen LogP contribution in [-0.4, -0.2) is 5.71 Å². The van der Waals surface area contributed by atoms with Crippen LogP contribution >= 0.6 is 0 Å². The smallest absolute Gasteiger partial charge is 0.151 e. The molecule has 0 radical (unpaired) electrons. The van der Waals surface area contributed by atoms with Crippen LogP contribution in [0.5, 0.6) is 0 Å². The van der Waals surface area contributed by atoms with E-state index in [2.05, 4.69) is 5.10 Å². The molecule has 1 heterocycles. The molecule has 4 rings (SSSR count). The van der Waals surface area contributed by atoms with Crippen molar-refractivity contribution < 1.29 is 8.78 Å². The van der Waals surface area contributed by atoms with Gasteiger partial charge in [0.1, 0.15) is 5.82 Å². The van der Waals surface area contributed by atoms with Crippen molar-refractivity contribution >= 4 is 11.4 Å². The second kappa shape index (κ2) is 6.48. The summed E-state index contributed by atoms with van der Waals surface area (Å²) in [5, 5.41) is 6.32. The predicted octanol–water partition coefficient (Wildman–Crippen LogP) is 5.32. The van der Waals surface area contributed by atoms with Crippen LogP contribution in [0, 0.1) is 11.6 Å². The summed E-state index contributed by atoms with van der Waals surface area (Å²) in [4.78, 5) is 0. The highest BCUT2D eigenvalue weighted by Gasteiger charge is 2.31. The first-order valence-corrected chi connectivity index (χ1v) is 8.14. The van der Waals surface area contributed by atoms with Crippen LogP contribution in [0.15, 0.2) is 84.0 Å². The van der Waals surface area contributed by atoms with E-state index >= 15 is 0 Å². The summed E-state index contributed by atoms with van der Waals surface area (Å²) >= 11 is 0. The third-order valence-electron chi connectivity index (χ3n) is 4.36. The molecule has 0 N–H and O–H groups in total. The molecule has 1 aliphatic rings. The highest BCUT2D eigenvalue weighted by molar-refractivity contribution is 6.03. The molecule has 1 aliphatic heterocycles. The van der Waals surface area contributed by atoms with Crippen molar-refractivity contribution in [1.29, 1.82) is 0 Å². The summed E-state index contributed by atoms with van der Waals surface area (Å²) in [6.07, 6.45) is 0.658. The van der Waals surface area contributed by atoms with Gasteiger partial charge in [-0.1, -0.05) is 60.7 Å². The molecule has 4 heteroatoms. The Morgan fingerprint density at radius 1 is 0.840 bits per heavy atom. The Morgan fingerprint density at radius 3 is 2.20 bits per heavy atom. The Hall–Kier alpha value is -3.01. The van der Waals surface area contributed by atoms with Gasteiger partial charge in [-0.2, -0.15) is 5.10 Å². The SMILES string of the molecule is Fc1ccc(N2N=C(c3ccccc3)C[C@H]2c2ccccc2)c(F)c1. The first-order valence-electron chi connectivity index (χ1n) is 8.14. The minimum atomic E-state index is -0.612. The molecular formula is C21H16F2N2. The molecule has 3 aromatic carbocycles. The van der Waals surface area contributed by atoms with Gasteiger partial charge in [-0.05, 0) is 23.3 Å². The van der Waals surface area contributed by atoms with Crippen molar-refractivity contribution in [1.82, 2.24) is 0 Å². The standard InChI is InChI=1S/C21H16F2N2/c22-17-11-12-20(18(23)13-17)25-21(16-9-5-2-6-10-16)14-19(24-25)15-7-3-1-4-8-15/h1-13,21H,14H2/t21-/m0/s1. The molecule has 2 nitrogen and oxygen atoms in total. The quantitative estimate of drug-likeness (QED) is 0.633. The van der Waals surface area contributed by atoms with Gasteiger partial charge in [0.2, 0.25) is 0 Å². The number of rotatable bonds is 3. The fraction of sp³-hybridized carbons (Fsp3) is 0.0952. The minimum Gasteiger partial charge on any atom is -0.254 e. The van der Waals surface area contributed by atoms with E-state index in [1.54, 1.807) is 5.01 Å². The van der Waals surface area contributed by atoms with Crippen LogP contribution in [0.25, 0.3) is 0 Å². The molecule has 25 heavy (non-hydrogen) atoms. The van der Waals surface area contributed by atoms with Crippen LogP contribution < -0.4 is 5.01 Å². The van der Waals surface area contributed by atoms with Gasteiger partial charge >= 0.3 is 0 Å². The molecule has 0 aromatic heterocycles. The normalized spacial score (nSPS) is 16.8. The lowest BCUT2D eigenvalue weighted by Gasteiger charge is -2.24. The molecule has 0 amide bonds. The summed E-state index contributed by atoms with van der Waals surface area (Å²) in [5.41, 5.74) is 3.22. The average molecular weight is 334 g/mol. The number of hydrogen-bond donors (Lipinski definition) is 0. The Labute approximate surface area is 145 Å². The van der Waals surface area contributed by atoms with Crippen molar-refractivity contribution in [3.63, 3.8) is 0 Å². The maximum absolute atomic E-state index is 14.4. The Morgan fingerprint density at radius 2 is 1.52 bits per heavy atom. The van der Waals surface area contributed by atoms with Crippen LogP contribution in [0.4, 0.5) is 14.5 Å². The molecule has 124 valence electrons. The molecule has 0 aliphatic carbocycles. The van der Waals surface area contributed by atoms with Crippen molar-refractivity contribution in [3.05, 3.63) is 102 Å². The van der Waals surface area contributed by atoms with Gasteiger partial charge in [0.25, 0.3) is 0 Å². The Bertz CT molecular complexity index is 908. The van der Waals surface area contributed by atoms with Gasteiger partial charge in [0, 0.05) is 12.5 Å². The lowest BCUT2D eigenvalue weighted by atomic mass is 9.98. The predicted molar refractivity (Wildman–Crippen MR) is 95.6 cm³/mol. The molecular weight excluding hydrogens is 318 g/mol. The third-order valence-corrected chi connectivity index (χ3v) is 4.36. The Kier molecular flexibility index (Phi) is 4.02. The topological polar surface area (TPSA) is 15.6 Å². The molecule has 0 saturated carbocycles. The lowest BCUT2D eigenvalue weighted by molar-refractivity contribution is 0.573. The zero-order valence-electron chi connectivity index (χ0n) is 13.4. The fourth-order valence-electron chi connectivity index (χ4n) is 3.14. The van der Waals surface area contributed by atoms with E-state index in [9.17, 15) is 8.78 Å². The number of benzene rings is 3. The van der Waals surface area contributed by atoms with Gasteiger partial charge in [0.05, 0.1) is 17.4 Å². The van der Waals surface area contributed by atoms with E-state index in [4.69, 9.17) is 0 Å². The van der Waals surface area contributed by atoms with Gasteiger partial charge in [-0.15, -0.1) is 0 Å². The summed E-state index contributed by atoms with van der Waals surface area (Å²) in [6.45, 7) is 0. The number of nitrogens with zero attached hydrogens (tertiary/aromatic N) is 2. The first-order chi connectivity index (χ1) is 12.2. The third kappa shape index (κ3) is 3.03. The van der Waals surface area contributed by atoms with Gasteiger partial charge in [-0.25, -0.2) is 8.78 Å². The summed E-state index contributed by atoms with van der Waals surface area (Å²) in [7, 11) is 0. The highest BCUT2D eigenvalue weighted by atomic mass is 19.1. The zero-order valence-corrected chi connectivity index (χ0v) is 13.4. The average Bonchev–Trinajstić information content (AvgIpc) is 3.08. The van der Waals surface area contributed by atoms with Crippen LogP contribution in [0.2, 0.25) is 0 Å². The first kappa shape index (κ1) is 15.5. The van der Waals surface area contributed by atoms with E-state index in [0.29, 0.717) is 6.42 Å². The maximum Gasteiger partial charge on any atom is 0.151 e. The highest BCUT2D eigenvalue weighted by Crippen LogP contribution is 2.37. The van der Waals surface area contributed by atoms with Gasteiger partial charge < -0.3 is 0 Å². The van der Waals surface area contributed by atoms with Crippen molar-refractivity contribution in [2.75, 3.05) is 5.01 Å². The molecule has 0 saturated heterocycles. The van der Waals surface area contributed by atoms with E-state index in [1.165, 1.54) is 12.1 Å². The lowest BCUT2D eigenvalue weighted by Crippen LogP contribution is -2.19. The minimum absolute atomic E-state index is 0.128. The molecule has 3 aromatic rings. The zero-order chi connectivity index (χ0) is 17.2.